The zero-order chi connectivity index (χ0) is 22.7. The van der Waals surface area contributed by atoms with Gasteiger partial charge in [-0.1, -0.05) is 6.92 Å². The molecule has 1 aromatic carbocycles. The summed E-state index contributed by atoms with van der Waals surface area (Å²) in [5.74, 6) is 1.35. The van der Waals surface area contributed by atoms with Crippen molar-refractivity contribution < 1.29 is 23.8 Å². The minimum atomic E-state index is -0.00103. The number of rotatable bonds is 4. The average molecular weight is 445 g/mol. The molecule has 0 aromatic heterocycles. The minimum Gasteiger partial charge on any atom is -0.493 e. The van der Waals surface area contributed by atoms with Crippen molar-refractivity contribution in [2.24, 2.45) is 11.0 Å². The van der Waals surface area contributed by atoms with Crippen LogP contribution in [0.3, 0.4) is 0 Å². The predicted octanol–water partition coefficient (Wildman–Crippen LogP) is 2.19. The summed E-state index contributed by atoms with van der Waals surface area (Å²) in [6, 6.07) is 5.79. The zero-order valence-electron chi connectivity index (χ0n) is 19.1. The van der Waals surface area contributed by atoms with Gasteiger partial charge in [0.15, 0.2) is 11.5 Å². The van der Waals surface area contributed by atoms with E-state index in [9.17, 15) is 9.59 Å². The summed E-state index contributed by atoms with van der Waals surface area (Å²) in [5, 5.41) is 6.46. The van der Waals surface area contributed by atoms with E-state index in [1.54, 1.807) is 19.2 Å². The van der Waals surface area contributed by atoms with Gasteiger partial charge in [-0.2, -0.15) is 5.10 Å². The molecule has 3 aliphatic rings. The lowest BCUT2D eigenvalue weighted by Crippen LogP contribution is -2.53. The molecule has 0 bridgehead atoms. The van der Waals surface area contributed by atoms with E-state index in [1.807, 2.05) is 34.9 Å². The normalized spacial score (nSPS) is 22.6. The van der Waals surface area contributed by atoms with Crippen LogP contribution in [0.15, 0.2) is 23.3 Å². The van der Waals surface area contributed by atoms with Crippen LogP contribution in [0, 0.1) is 5.92 Å². The van der Waals surface area contributed by atoms with E-state index in [2.05, 4.69) is 0 Å². The van der Waals surface area contributed by atoms with Gasteiger partial charge in [0.2, 0.25) is 5.91 Å². The predicted molar refractivity (Wildman–Crippen MR) is 119 cm³/mol. The fraction of sp³-hybridized carbons (Fsp3) is 0.609. The monoisotopic (exact) mass is 444 g/mol. The lowest BCUT2D eigenvalue weighted by Gasteiger charge is -2.40. The summed E-state index contributed by atoms with van der Waals surface area (Å²) < 4.78 is 16.1. The lowest BCUT2D eigenvalue weighted by atomic mass is 9.92. The summed E-state index contributed by atoms with van der Waals surface area (Å²) in [5.41, 5.74) is 1.80. The van der Waals surface area contributed by atoms with Gasteiger partial charge in [0.25, 0.3) is 0 Å². The van der Waals surface area contributed by atoms with Gasteiger partial charge in [0.05, 0.1) is 39.2 Å². The van der Waals surface area contributed by atoms with E-state index < -0.39 is 0 Å². The van der Waals surface area contributed by atoms with Crippen molar-refractivity contribution in [2.75, 3.05) is 53.6 Å². The van der Waals surface area contributed by atoms with Crippen molar-refractivity contribution >= 4 is 17.6 Å². The number of urea groups is 1. The first-order valence-electron chi connectivity index (χ1n) is 11.3. The maximum absolute atomic E-state index is 12.8. The van der Waals surface area contributed by atoms with Crippen LogP contribution in [-0.4, -0.2) is 92.1 Å². The highest BCUT2D eigenvalue weighted by molar-refractivity contribution is 6.06. The topological polar surface area (TPSA) is 83.9 Å². The van der Waals surface area contributed by atoms with E-state index in [4.69, 9.17) is 19.3 Å². The Morgan fingerprint density at radius 1 is 1.03 bits per heavy atom. The number of benzene rings is 1. The van der Waals surface area contributed by atoms with Crippen LogP contribution in [0.5, 0.6) is 11.5 Å². The summed E-state index contributed by atoms with van der Waals surface area (Å²) in [6.45, 7) is 5.74. The Morgan fingerprint density at radius 3 is 2.34 bits per heavy atom. The first-order chi connectivity index (χ1) is 15.5. The van der Waals surface area contributed by atoms with Crippen LogP contribution in [0.25, 0.3) is 0 Å². The molecule has 3 heterocycles. The third-order valence-corrected chi connectivity index (χ3v) is 6.46. The molecule has 0 radical (unpaired) electrons. The Balaban J connectivity index is 1.47. The molecule has 0 N–H and O–H groups in total. The molecule has 9 heteroatoms. The summed E-state index contributed by atoms with van der Waals surface area (Å²) in [4.78, 5) is 29.3. The van der Waals surface area contributed by atoms with Gasteiger partial charge in [0.1, 0.15) is 0 Å². The van der Waals surface area contributed by atoms with Crippen LogP contribution in [0.1, 0.15) is 31.7 Å². The molecule has 3 amide bonds. The van der Waals surface area contributed by atoms with Crippen LogP contribution in [-0.2, 0) is 9.53 Å². The van der Waals surface area contributed by atoms with Crippen molar-refractivity contribution in [3.8, 4) is 11.5 Å². The molecular formula is C23H32N4O5. The van der Waals surface area contributed by atoms with Crippen molar-refractivity contribution in [3.05, 3.63) is 23.8 Å². The Kier molecular flexibility index (Phi) is 6.83. The van der Waals surface area contributed by atoms with E-state index in [0.717, 1.165) is 24.1 Å². The number of ether oxygens (including phenoxy) is 3. The highest BCUT2D eigenvalue weighted by atomic mass is 16.5. The highest BCUT2D eigenvalue weighted by Crippen LogP contribution is 2.31. The largest absolute Gasteiger partial charge is 0.493 e. The lowest BCUT2D eigenvalue weighted by molar-refractivity contribution is -0.135. The number of methoxy groups -OCH3 is 2. The number of carbonyl (C=O) groups is 2. The molecule has 3 aliphatic heterocycles. The first-order valence-corrected chi connectivity index (χ1v) is 11.3. The number of carbonyl (C=O) groups excluding carboxylic acids is 2. The molecule has 0 spiro atoms. The smallest absolute Gasteiger partial charge is 0.320 e. The summed E-state index contributed by atoms with van der Waals surface area (Å²) in [7, 11) is 3.21. The number of amides is 3. The number of piperidine rings is 1. The van der Waals surface area contributed by atoms with Crippen molar-refractivity contribution in [1.82, 2.24) is 14.8 Å². The van der Waals surface area contributed by atoms with E-state index in [1.165, 1.54) is 0 Å². The molecule has 9 nitrogen and oxygen atoms in total. The number of likely N-dealkylation sites (tertiary alicyclic amines) is 1. The van der Waals surface area contributed by atoms with Crippen LogP contribution in [0.2, 0.25) is 0 Å². The maximum Gasteiger partial charge on any atom is 0.320 e. The Hall–Kier alpha value is -2.81. The number of hydrogen-bond acceptors (Lipinski definition) is 6. The molecular weight excluding hydrogens is 412 g/mol. The van der Waals surface area contributed by atoms with Gasteiger partial charge in [-0.25, -0.2) is 9.80 Å². The first kappa shape index (κ1) is 22.4. The molecule has 174 valence electrons. The Bertz CT molecular complexity index is 875. The van der Waals surface area contributed by atoms with E-state index in [-0.39, 0.29) is 23.9 Å². The molecule has 2 saturated heterocycles. The van der Waals surface area contributed by atoms with Crippen LogP contribution >= 0.6 is 0 Å². The van der Waals surface area contributed by atoms with Gasteiger partial charge in [0, 0.05) is 44.1 Å². The number of hydrazone groups is 1. The molecule has 4 rings (SSSR count). The number of nitrogens with zero attached hydrogens (tertiary/aromatic N) is 4. The van der Waals surface area contributed by atoms with Crippen molar-refractivity contribution in [2.45, 2.75) is 32.2 Å². The molecule has 2 fully saturated rings. The SMILES string of the molecule is COc1ccc(C2=NN(C3CCN(C(=O)N4CCOCC4)CC3)C(=O)CC2C)cc1OC. The van der Waals surface area contributed by atoms with E-state index in [0.29, 0.717) is 57.3 Å². The fourth-order valence-electron chi connectivity index (χ4n) is 4.60. The maximum atomic E-state index is 12.8. The van der Waals surface area contributed by atoms with Crippen LogP contribution < -0.4 is 9.47 Å². The highest BCUT2D eigenvalue weighted by Gasteiger charge is 2.35. The van der Waals surface area contributed by atoms with Gasteiger partial charge in [-0.3, -0.25) is 4.79 Å². The van der Waals surface area contributed by atoms with Gasteiger partial charge in [-0.05, 0) is 31.0 Å². The number of morpholine rings is 1. The third-order valence-electron chi connectivity index (χ3n) is 6.46. The molecule has 1 atom stereocenters. The van der Waals surface area contributed by atoms with Gasteiger partial charge in [-0.15, -0.1) is 0 Å². The second-order valence-electron chi connectivity index (χ2n) is 8.50. The molecule has 0 aliphatic carbocycles. The van der Waals surface area contributed by atoms with Crippen LogP contribution in [0.4, 0.5) is 4.79 Å². The van der Waals surface area contributed by atoms with Gasteiger partial charge >= 0.3 is 6.03 Å². The molecule has 32 heavy (non-hydrogen) atoms. The second kappa shape index (κ2) is 9.77. The van der Waals surface area contributed by atoms with E-state index >= 15 is 0 Å². The second-order valence-corrected chi connectivity index (χ2v) is 8.50. The number of hydrogen-bond donors (Lipinski definition) is 0. The Morgan fingerprint density at radius 2 is 1.69 bits per heavy atom. The fourth-order valence-corrected chi connectivity index (χ4v) is 4.60. The van der Waals surface area contributed by atoms with Gasteiger partial charge < -0.3 is 24.0 Å². The Labute approximate surface area is 188 Å². The molecule has 1 unspecified atom stereocenters. The summed E-state index contributed by atoms with van der Waals surface area (Å²) in [6.07, 6.45) is 1.86. The summed E-state index contributed by atoms with van der Waals surface area (Å²) >= 11 is 0. The third kappa shape index (κ3) is 4.53. The minimum absolute atomic E-state index is 0.00103. The average Bonchev–Trinajstić information content (AvgIpc) is 2.84. The van der Waals surface area contributed by atoms with Crippen molar-refractivity contribution in [3.63, 3.8) is 0 Å². The molecule has 1 aromatic rings. The molecule has 0 saturated carbocycles. The van der Waals surface area contributed by atoms with Crippen molar-refractivity contribution in [1.29, 1.82) is 0 Å². The zero-order valence-corrected chi connectivity index (χ0v) is 19.1. The quantitative estimate of drug-likeness (QED) is 0.711. The standard InChI is InChI=1S/C23H32N4O5/c1-16-14-21(28)27(24-22(16)17-4-5-19(30-2)20(15-17)31-3)18-6-8-25(9-7-18)23(29)26-10-12-32-13-11-26/h4-5,15-16,18H,6-14H2,1-3H3.